The molecule has 1 heterocycles. The molecule has 0 aromatic carbocycles. The first kappa shape index (κ1) is 13.9. The number of nitrogens with zero attached hydrogens (tertiary/aromatic N) is 2. The maximum Gasteiger partial charge on any atom is 0.0558 e. The second kappa shape index (κ2) is 5.99. The van der Waals surface area contributed by atoms with Crippen molar-refractivity contribution >= 4 is 0 Å². The van der Waals surface area contributed by atoms with E-state index in [0.717, 1.165) is 26.2 Å². The molecule has 1 atom stereocenters. The van der Waals surface area contributed by atoms with Gasteiger partial charge in [-0.3, -0.25) is 4.90 Å². The van der Waals surface area contributed by atoms with Gasteiger partial charge in [0.1, 0.15) is 0 Å². The minimum Gasteiger partial charge on any atom is -0.395 e. The van der Waals surface area contributed by atoms with E-state index < -0.39 is 0 Å². The molecule has 1 aliphatic rings. The van der Waals surface area contributed by atoms with Crippen molar-refractivity contribution in [2.75, 3.05) is 39.3 Å². The highest BCUT2D eigenvalue weighted by atomic mass is 16.3. The summed E-state index contributed by atoms with van der Waals surface area (Å²) in [6.45, 7) is 14.9. The number of β-amino-alcohol motifs (C(OH)–C–C–N with tert-alkyl or cyclic N) is 1. The summed E-state index contributed by atoms with van der Waals surface area (Å²) in [5.41, 5.74) is 0.436. The Morgan fingerprint density at radius 3 is 2.38 bits per heavy atom. The van der Waals surface area contributed by atoms with Crippen molar-refractivity contribution in [3.63, 3.8) is 0 Å². The molecule has 1 unspecified atom stereocenters. The largest absolute Gasteiger partial charge is 0.395 e. The number of aliphatic hydroxyl groups excluding tert-OH is 1. The van der Waals surface area contributed by atoms with Gasteiger partial charge in [-0.05, 0) is 25.3 Å². The second-order valence-electron chi connectivity index (χ2n) is 6.22. The molecule has 3 nitrogen and oxygen atoms in total. The number of hydrogen-bond acceptors (Lipinski definition) is 3. The first-order chi connectivity index (χ1) is 7.42. The fourth-order valence-electron chi connectivity index (χ4n) is 2.23. The van der Waals surface area contributed by atoms with Crippen LogP contribution in [0.25, 0.3) is 0 Å². The maximum absolute atomic E-state index is 8.96. The van der Waals surface area contributed by atoms with Crippen molar-refractivity contribution in [2.45, 2.75) is 40.2 Å². The van der Waals surface area contributed by atoms with Gasteiger partial charge in [0.25, 0.3) is 0 Å². The minimum absolute atomic E-state index is 0.284. The van der Waals surface area contributed by atoms with Crippen LogP contribution in [-0.2, 0) is 0 Å². The van der Waals surface area contributed by atoms with Crippen LogP contribution >= 0.6 is 0 Å². The van der Waals surface area contributed by atoms with Gasteiger partial charge in [0.2, 0.25) is 0 Å². The van der Waals surface area contributed by atoms with Crippen molar-refractivity contribution in [1.82, 2.24) is 9.80 Å². The third kappa shape index (κ3) is 4.81. The molecule has 0 aliphatic carbocycles. The van der Waals surface area contributed by atoms with Crippen LogP contribution in [0.5, 0.6) is 0 Å². The summed E-state index contributed by atoms with van der Waals surface area (Å²) in [5.74, 6) is 0. The predicted molar refractivity (Wildman–Crippen MR) is 68.6 cm³/mol. The number of rotatable bonds is 4. The molecule has 1 fully saturated rings. The molecule has 3 heteroatoms. The molecular formula is C13H28N2O. The van der Waals surface area contributed by atoms with E-state index in [9.17, 15) is 0 Å². The van der Waals surface area contributed by atoms with E-state index in [2.05, 4.69) is 37.5 Å². The van der Waals surface area contributed by atoms with Gasteiger partial charge < -0.3 is 10.0 Å². The van der Waals surface area contributed by atoms with Gasteiger partial charge in [0.05, 0.1) is 6.61 Å². The monoisotopic (exact) mass is 228 g/mol. The molecule has 0 spiro atoms. The zero-order chi connectivity index (χ0) is 12.2. The lowest BCUT2D eigenvalue weighted by molar-refractivity contribution is 0.0630. The summed E-state index contributed by atoms with van der Waals surface area (Å²) >= 11 is 0. The maximum atomic E-state index is 8.96. The quantitative estimate of drug-likeness (QED) is 0.788. The first-order valence-corrected chi connectivity index (χ1v) is 6.49. The number of piperazine rings is 1. The highest BCUT2D eigenvalue weighted by Gasteiger charge is 2.23. The Labute approximate surface area is 100 Å². The Morgan fingerprint density at radius 1 is 1.19 bits per heavy atom. The van der Waals surface area contributed by atoms with Crippen LogP contribution in [0.4, 0.5) is 0 Å². The van der Waals surface area contributed by atoms with Gasteiger partial charge in [-0.25, -0.2) is 0 Å². The predicted octanol–water partition coefficient (Wildman–Crippen LogP) is 1.42. The zero-order valence-corrected chi connectivity index (χ0v) is 11.4. The standard InChI is InChI=1S/C13H28N2O/c1-12-11-14(6-5-13(2,3)4)7-8-15(12)9-10-16/h12,16H,5-11H2,1-4H3. The Kier molecular flexibility index (Phi) is 5.22. The van der Waals surface area contributed by atoms with Crippen molar-refractivity contribution in [2.24, 2.45) is 5.41 Å². The summed E-state index contributed by atoms with van der Waals surface area (Å²) in [6, 6.07) is 0.584. The van der Waals surface area contributed by atoms with E-state index in [-0.39, 0.29) is 6.61 Å². The summed E-state index contributed by atoms with van der Waals surface area (Å²) in [7, 11) is 0. The van der Waals surface area contributed by atoms with Crippen LogP contribution in [0.15, 0.2) is 0 Å². The summed E-state index contributed by atoms with van der Waals surface area (Å²) in [6.07, 6.45) is 1.26. The van der Waals surface area contributed by atoms with Crippen LogP contribution in [-0.4, -0.2) is 60.3 Å². The van der Waals surface area contributed by atoms with Crippen LogP contribution in [0.3, 0.4) is 0 Å². The lowest BCUT2D eigenvalue weighted by Crippen LogP contribution is -2.52. The van der Waals surface area contributed by atoms with Crippen molar-refractivity contribution in [3.05, 3.63) is 0 Å². The SMILES string of the molecule is CC1CN(CCC(C)(C)C)CCN1CCO. The van der Waals surface area contributed by atoms with Gasteiger partial charge in [-0.15, -0.1) is 0 Å². The van der Waals surface area contributed by atoms with Crippen LogP contribution < -0.4 is 0 Å². The average molecular weight is 228 g/mol. The van der Waals surface area contributed by atoms with Gasteiger partial charge in [-0.2, -0.15) is 0 Å². The summed E-state index contributed by atoms with van der Waals surface area (Å²) < 4.78 is 0. The topological polar surface area (TPSA) is 26.7 Å². The van der Waals surface area contributed by atoms with Gasteiger partial charge in [-0.1, -0.05) is 20.8 Å². The molecule has 16 heavy (non-hydrogen) atoms. The molecule has 0 aromatic heterocycles. The molecule has 1 N–H and O–H groups in total. The third-order valence-electron chi connectivity index (χ3n) is 3.41. The number of aliphatic hydroxyl groups is 1. The highest BCUT2D eigenvalue weighted by molar-refractivity contribution is 4.79. The fourth-order valence-corrected chi connectivity index (χ4v) is 2.23. The first-order valence-electron chi connectivity index (χ1n) is 6.49. The Morgan fingerprint density at radius 2 is 1.88 bits per heavy atom. The zero-order valence-electron chi connectivity index (χ0n) is 11.4. The fraction of sp³-hybridized carbons (Fsp3) is 1.00. The molecule has 96 valence electrons. The van der Waals surface area contributed by atoms with Crippen molar-refractivity contribution < 1.29 is 5.11 Å². The molecule has 0 amide bonds. The van der Waals surface area contributed by atoms with Crippen LogP contribution in [0, 0.1) is 5.41 Å². The molecule has 1 aliphatic heterocycles. The highest BCUT2D eigenvalue weighted by Crippen LogP contribution is 2.20. The molecule has 1 rings (SSSR count). The van der Waals surface area contributed by atoms with E-state index in [0.29, 0.717) is 11.5 Å². The number of hydrogen-bond donors (Lipinski definition) is 1. The van der Waals surface area contributed by atoms with Gasteiger partial charge >= 0.3 is 0 Å². The van der Waals surface area contributed by atoms with E-state index in [4.69, 9.17) is 5.11 Å². The molecule has 0 radical (unpaired) electrons. The summed E-state index contributed by atoms with van der Waals surface area (Å²) in [5, 5.41) is 8.96. The lowest BCUT2D eigenvalue weighted by atomic mass is 9.92. The van der Waals surface area contributed by atoms with E-state index in [1.807, 2.05) is 0 Å². The lowest BCUT2D eigenvalue weighted by Gasteiger charge is -2.40. The minimum atomic E-state index is 0.284. The third-order valence-corrected chi connectivity index (χ3v) is 3.41. The Bertz CT molecular complexity index is 201. The van der Waals surface area contributed by atoms with E-state index >= 15 is 0 Å². The normalized spacial score (nSPS) is 24.9. The smallest absolute Gasteiger partial charge is 0.0558 e. The Balaban J connectivity index is 2.28. The van der Waals surface area contributed by atoms with E-state index in [1.165, 1.54) is 13.0 Å². The van der Waals surface area contributed by atoms with Gasteiger partial charge in [0.15, 0.2) is 0 Å². The Hall–Kier alpha value is -0.120. The molecule has 1 saturated heterocycles. The van der Waals surface area contributed by atoms with E-state index in [1.54, 1.807) is 0 Å². The molecule has 0 saturated carbocycles. The van der Waals surface area contributed by atoms with Crippen LogP contribution in [0.1, 0.15) is 34.1 Å². The van der Waals surface area contributed by atoms with Gasteiger partial charge in [0, 0.05) is 32.2 Å². The van der Waals surface area contributed by atoms with Crippen molar-refractivity contribution in [3.8, 4) is 0 Å². The summed E-state index contributed by atoms with van der Waals surface area (Å²) in [4.78, 5) is 4.94. The second-order valence-corrected chi connectivity index (χ2v) is 6.22. The molecule has 0 bridgehead atoms. The van der Waals surface area contributed by atoms with Crippen LogP contribution in [0.2, 0.25) is 0 Å². The van der Waals surface area contributed by atoms with Crippen molar-refractivity contribution in [1.29, 1.82) is 0 Å². The average Bonchev–Trinajstić information content (AvgIpc) is 2.18. The molecule has 0 aromatic rings. The molecular weight excluding hydrogens is 200 g/mol.